The van der Waals surface area contributed by atoms with Gasteiger partial charge in [-0.2, -0.15) is 13.2 Å². The summed E-state index contributed by atoms with van der Waals surface area (Å²) < 4.78 is 35.9. The largest absolute Gasteiger partial charge is 0.389 e. The fraction of sp³-hybridized carbons (Fsp3) is 0.364. The van der Waals surface area contributed by atoms with Crippen LogP contribution in [0.25, 0.3) is 0 Å². The lowest BCUT2D eigenvalue weighted by Crippen LogP contribution is -2.15. The maximum absolute atomic E-state index is 12.0. The highest BCUT2D eigenvalue weighted by molar-refractivity contribution is 7.80. The summed E-state index contributed by atoms with van der Waals surface area (Å²) in [5.74, 6) is 0. The van der Waals surface area contributed by atoms with Crippen LogP contribution < -0.4 is 11.1 Å². The van der Waals surface area contributed by atoms with E-state index in [1.807, 2.05) is 0 Å². The van der Waals surface area contributed by atoms with Crippen molar-refractivity contribution in [2.24, 2.45) is 5.73 Å². The molecule has 0 saturated carbocycles. The van der Waals surface area contributed by atoms with E-state index in [2.05, 4.69) is 5.32 Å². The number of hydrogen-bond acceptors (Lipinski definition) is 2. The highest BCUT2D eigenvalue weighted by Gasteiger charge is 2.25. The van der Waals surface area contributed by atoms with Gasteiger partial charge < -0.3 is 11.1 Å². The van der Waals surface area contributed by atoms with E-state index in [1.165, 1.54) is 0 Å². The van der Waals surface area contributed by atoms with Gasteiger partial charge in [-0.25, -0.2) is 0 Å². The molecule has 18 heavy (non-hydrogen) atoms. The van der Waals surface area contributed by atoms with Gasteiger partial charge in [0.2, 0.25) is 0 Å². The van der Waals surface area contributed by atoms with Gasteiger partial charge in [-0.15, -0.1) is 0 Å². The lowest BCUT2D eigenvalue weighted by molar-refractivity contribution is -0.134. The van der Waals surface area contributed by atoms with E-state index >= 15 is 0 Å². The number of hydrogen-bond donors (Lipinski definition) is 2. The molecule has 0 spiro atoms. The molecule has 0 aliphatic carbocycles. The Morgan fingerprint density at radius 2 is 2.06 bits per heavy atom. The Kier molecular flexibility index (Phi) is 5.22. The van der Waals surface area contributed by atoms with Crippen molar-refractivity contribution in [2.45, 2.75) is 19.0 Å². The molecule has 0 bridgehead atoms. The number of halogens is 4. The second kappa shape index (κ2) is 6.24. The van der Waals surface area contributed by atoms with Crippen LogP contribution in [0.15, 0.2) is 18.2 Å². The molecule has 0 amide bonds. The highest BCUT2D eigenvalue weighted by atomic mass is 35.5. The van der Waals surface area contributed by atoms with E-state index in [1.54, 1.807) is 18.2 Å². The molecule has 100 valence electrons. The third-order valence-corrected chi connectivity index (χ3v) is 2.73. The van der Waals surface area contributed by atoms with Crippen LogP contribution >= 0.6 is 23.8 Å². The van der Waals surface area contributed by atoms with Crippen LogP contribution in [-0.2, 0) is 0 Å². The van der Waals surface area contributed by atoms with Crippen LogP contribution in [0.2, 0.25) is 5.02 Å². The lowest BCUT2D eigenvalue weighted by atomic mass is 10.1. The summed E-state index contributed by atoms with van der Waals surface area (Å²) in [5, 5.41) is 3.23. The molecular weight excluding hydrogens is 285 g/mol. The second-order valence-corrected chi connectivity index (χ2v) is 4.52. The minimum Gasteiger partial charge on any atom is -0.389 e. The number of anilines is 1. The zero-order valence-electron chi connectivity index (χ0n) is 9.35. The Morgan fingerprint density at radius 3 is 2.61 bits per heavy atom. The van der Waals surface area contributed by atoms with Crippen molar-refractivity contribution >= 4 is 34.5 Å². The predicted molar refractivity (Wildman–Crippen MR) is 71.1 cm³/mol. The SMILES string of the molecule is NC(=S)c1c(Cl)cccc1NCCCC(F)(F)F. The first kappa shape index (κ1) is 15.0. The number of alkyl halides is 3. The average molecular weight is 297 g/mol. The summed E-state index contributed by atoms with van der Waals surface area (Å²) in [6.07, 6.45) is -4.99. The van der Waals surface area contributed by atoms with Crippen molar-refractivity contribution in [3.8, 4) is 0 Å². The van der Waals surface area contributed by atoms with Crippen molar-refractivity contribution in [2.75, 3.05) is 11.9 Å². The van der Waals surface area contributed by atoms with Crippen LogP contribution in [0, 0.1) is 0 Å². The first-order chi connectivity index (χ1) is 8.31. The zero-order valence-corrected chi connectivity index (χ0v) is 10.9. The molecule has 0 atom stereocenters. The van der Waals surface area contributed by atoms with Crippen molar-refractivity contribution < 1.29 is 13.2 Å². The molecule has 0 aliphatic rings. The fourth-order valence-corrected chi connectivity index (χ4v) is 1.99. The van der Waals surface area contributed by atoms with Gasteiger partial charge in [0.25, 0.3) is 0 Å². The van der Waals surface area contributed by atoms with E-state index < -0.39 is 12.6 Å². The van der Waals surface area contributed by atoms with Gasteiger partial charge >= 0.3 is 6.18 Å². The van der Waals surface area contributed by atoms with Gasteiger partial charge in [0.15, 0.2) is 0 Å². The monoisotopic (exact) mass is 296 g/mol. The quantitative estimate of drug-likeness (QED) is 0.642. The maximum atomic E-state index is 12.0. The van der Waals surface area contributed by atoms with Crippen LogP contribution in [0.4, 0.5) is 18.9 Å². The lowest BCUT2D eigenvalue weighted by Gasteiger charge is -2.13. The van der Waals surface area contributed by atoms with E-state index in [4.69, 9.17) is 29.6 Å². The topological polar surface area (TPSA) is 38.0 Å². The summed E-state index contributed by atoms with van der Waals surface area (Å²) in [7, 11) is 0. The van der Waals surface area contributed by atoms with E-state index in [9.17, 15) is 13.2 Å². The van der Waals surface area contributed by atoms with Crippen LogP contribution in [0.3, 0.4) is 0 Å². The molecule has 1 aromatic rings. The first-order valence-electron chi connectivity index (χ1n) is 5.20. The second-order valence-electron chi connectivity index (χ2n) is 3.67. The summed E-state index contributed by atoms with van der Waals surface area (Å²) >= 11 is 10.8. The van der Waals surface area contributed by atoms with Crippen LogP contribution in [0.1, 0.15) is 18.4 Å². The van der Waals surface area contributed by atoms with Crippen molar-refractivity contribution in [1.82, 2.24) is 0 Å². The minimum absolute atomic E-state index is 0.0210. The smallest absolute Gasteiger partial charge is 0.389 e. The average Bonchev–Trinajstić information content (AvgIpc) is 2.22. The van der Waals surface area contributed by atoms with Gasteiger partial charge in [-0.3, -0.25) is 0 Å². The normalized spacial score (nSPS) is 11.3. The van der Waals surface area contributed by atoms with Gasteiger partial charge in [-0.05, 0) is 18.6 Å². The first-order valence-corrected chi connectivity index (χ1v) is 5.99. The van der Waals surface area contributed by atoms with Crippen molar-refractivity contribution in [3.63, 3.8) is 0 Å². The summed E-state index contributed by atoms with van der Waals surface area (Å²) in [5.41, 5.74) is 6.53. The summed E-state index contributed by atoms with van der Waals surface area (Å²) in [4.78, 5) is 0.110. The van der Waals surface area contributed by atoms with Crippen molar-refractivity contribution in [1.29, 1.82) is 0 Å². The highest BCUT2D eigenvalue weighted by Crippen LogP contribution is 2.25. The van der Waals surface area contributed by atoms with Gasteiger partial charge in [0, 0.05) is 18.7 Å². The molecule has 0 aromatic heterocycles. The number of nitrogens with two attached hydrogens (primary N) is 1. The molecule has 0 aliphatic heterocycles. The fourth-order valence-electron chi connectivity index (χ4n) is 1.43. The predicted octanol–water partition coefficient (Wildman–Crippen LogP) is 3.73. The number of nitrogens with one attached hydrogen (secondary N) is 1. The van der Waals surface area contributed by atoms with Crippen LogP contribution in [0.5, 0.6) is 0 Å². The Bertz CT molecular complexity index is 435. The molecule has 1 aromatic carbocycles. The number of thiocarbonyl (C=S) groups is 1. The van der Waals surface area contributed by atoms with Crippen molar-refractivity contribution in [3.05, 3.63) is 28.8 Å². The van der Waals surface area contributed by atoms with E-state index in [-0.39, 0.29) is 18.0 Å². The molecule has 0 unspecified atom stereocenters. The Balaban J connectivity index is 2.63. The van der Waals surface area contributed by atoms with Gasteiger partial charge in [-0.1, -0.05) is 29.9 Å². The number of benzene rings is 1. The molecule has 0 radical (unpaired) electrons. The standard InChI is InChI=1S/C11H12ClF3N2S/c12-7-3-1-4-8(9(7)10(16)18)17-6-2-5-11(13,14)15/h1,3-4,17H,2,5-6H2,(H2,16,18). The Labute approximate surface area is 113 Å². The third kappa shape index (κ3) is 4.70. The summed E-state index contributed by atoms with van der Waals surface area (Å²) in [6.45, 7) is 0.176. The molecule has 2 nitrogen and oxygen atoms in total. The Morgan fingerprint density at radius 1 is 1.39 bits per heavy atom. The molecule has 3 N–H and O–H groups in total. The third-order valence-electron chi connectivity index (χ3n) is 2.21. The molecular formula is C11H12ClF3N2S. The molecule has 0 fully saturated rings. The van der Waals surface area contributed by atoms with Gasteiger partial charge in [0.1, 0.15) is 4.99 Å². The maximum Gasteiger partial charge on any atom is 0.389 e. The summed E-state index contributed by atoms with van der Waals surface area (Å²) in [6, 6.07) is 4.97. The van der Waals surface area contributed by atoms with E-state index in [0.29, 0.717) is 16.3 Å². The van der Waals surface area contributed by atoms with Gasteiger partial charge in [0.05, 0.1) is 10.6 Å². The van der Waals surface area contributed by atoms with Crippen LogP contribution in [-0.4, -0.2) is 17.7 Å². The molecule has 0 saturated heterocycles. The minimum atomic E-state index is -4.14. The Hall–Kier alpha value is -1.01. The number of rotatable bonds is 5. The molecule has 7 heteroatoms. The zero-order chi connectivity index (χ0) is 13.8. The van der Waals surface area contributed by atoms with E-state index in [0.717, 1.165) is 0 Å². The molecule has 0 heterocycles. The molecule has 1 rings (SSSR count).